The average Bonchev–Trinajstić information content (AvgIpc) is 3.73. The minimum atomic E-state index is -4.52. The van der Waals surface area contributed by atoms with Gasteiger partial charge in [0.2, 0.25) is 11.6 Å². The Morgan fingerprint density at radius 3 is 2.24 bits per heavy atom. The first-order chi connectivity index (χ1) is 24.4. The number of likely N-dealkylation sites (tertiary alicyclic amines) is 2. The van der Waals surface area contributed by atoms with E-state index in [-0.39, 0.29) is 42.8 Å². The van der Waals surface area contributed by atoms with Crippen LogP contribution in [0, 0.1) is 17.8 Å². The van der Waals surface area contributed by atoms with Crippen molar-refractivity contribution in [2.24, 2.45) is 17.8 Å². The molecule has 0 aromatic heterocycles. The van der Waals surface area contributed by atoms with E-state index in [1.165, 1.54) is 6.07 Å². The second-order valence-electron chi connectivity index (χ2n) is 15.4. The lowest BCUT2D eigenvalue weighted by atomic mass is 9.84. The van der Waals surface area contributed by atoms with Gasteiger partial charge < -0.3 is 19.9 Å². The first kappa shape index (κ1) is 37.4. The highest BCUT2D eigenvalue weighted by molar-refractivity contribution is 5.88. The van der Waals surface area contributed by atoms with Crippen LogP contribution in [0.1, 0.15) is 94.2 Å². The summed E-state index contributed by atoms with van der Waals surface area (Å²) in [6, 6.07) is 11.5. The van der Waals surface area contributed by atoms with Crippen molar-refractivity contribution >= 4 is 17.5 Å². The van der Waals surface area contributed by atoms with E-state index in [0.29, 0.717) is 69.3 Å². The molecule has 0 spiro atoms. The van der Waals surface area contributed by atoms with Crippen LogP contribution < -0.4 is 15.0 Å². The number of nitrogens with zero attached hydrogens (tertiary/aromatic N) is 3. The number of piperidine rings is 1. The average molecular weight is 715 g/mol. The number of anilines is 1. The number of rotatable bonds is 9. The second kappa shape index (κ2) is 15.3. The van der Waals surface area contributed by atoms with E-state index in [4.69, 9.17) is 4.74 Å². The Balaban J connectivity index is 1.28. The Morgan fingerprint density at radius 1 is 0.941 bits per heavy atom. The van der Waals surface area contributed by atoms with Crippen molar-refractivity contribution in [3.05, 3.63) is 59.2 Å². The van der Waals surface area contributed by atoms with Crippen LogP contribution in [-0.2, 0) is 15.8 Å². The minimum Gasteiger partial charge on any atom is -0.497 e. The van der Waals surface area contributed by atoms with Crippen LogP contribution in [0.15, 0.2) is 42.5 Å². The number of ether oxygens (including phenoxy) is 1. The summed E-state index contributed by atoms with van der Waals surface area (Å²) in [5.41, 5.74) is -0.844. The molecule has 4 fully saturated rings. The van der Waals surface area contributed by atoms with Crippen molar-refractivity contribution in [3.63, 3.8) is 0 Å². The van der Waals surface area contributed by atoms with Crippen molar-refractivity contribution in [1.29, 1.82) is 0 Å². The molecule has 51 heavy (non-hydrogen) atoms. The summed E-state index contributed by atoms with van der Waals surface area (Å²) in [4.78, 5) is 33.0. The fourth-order valence-electron chi connectivity index (χ4n) is 9.23. The molecule has 7 nitrogen and oxygen atoms in total. The maximum atomic E-state index is 17.8. The van der Waals surface area contributed by atoms with Crippen LogP contribution in [0.3, 0.4) is 0 Å². The van der Waals surface area contributed by atoms with Crippen molar-refractivity contribution in [2.75, 3.05) is 57.8 Å². The topological polar surface area (TPSA) is 65.1 Å². The first-order valence-electron chi connectivity index (χ1n) is 19.0. The van der Waals surface area contributed by atoms with E-state index >= 15 is 4.39 Å². The molecule has 11 heteroatoms. The Bertz CT molecular complexity index is 1520. The van der Waals surface area contributed by atoms with Crippen molar-refractivity contribution in [1.82, 2.24) is 15.1 Å². The van der Waals surface area contributed by atoms with Crippen LogP contribution in [0.5, 0.6) is 5.75 Å². The molecular weight excluding hydrogens is 660 g/mol. The molecule has 3 heterocycles. The summed E-state index contributed by atoms with van der Waals surface area (Å²) in [7, 11) is 1.59. The monoisotopic (exact) mass is 714 g/mol. The number of benzene rings is 2. The molecule has 3 saturated heterocycles. The molecule has 1 aliphatic carbocycles. The molecular formula is C40H54F4N4O3. The zero-order chi connectivity index (χ0) is 36.5. The molecule has 2 aromatic carbocycles. The normalized spacial score (nSPS) is 29.4. The fraction of sp³-hybridized carbons (Fsp3) is 0.650. The largest absolute Gasteiger partial charge is 0.497 e. The smallest absolute Gasteiger partial charge is 0.416 e. The summed E-state index contributed by atoms with van der Waals surface area (Å²) >= 11 is 0. The van der Waals surface area contributed by atoms with Gasteiger partial charge in [0.1, 0.15) is 5.75 Å². The third-order valence-corrected chi connectivity index (χ3v) is 12.3. The standard InChI is InChI=1S/C40H54F4N4O3/c1-5-27-22-47(23-34(27)33-16-11-30(40(42,43)44)21-36(33)46-19-17-29(18-20-46)37(49)45-6-2)38(50)39(41)25-48(31-12-7-26(3)8-13-31)24-35(39)28-9-14-32(51-4)15-10-28/h9-11,14-16,21,26-27,29,31,34-35H,5-8,12-13,17-20,22-25H2,1-4H3,(H,45,49)/t26-,27-,31-,34-,35-,39-/m0/s1. The van der Waals surface area contributed by atoms with Crippen LogP contribution in [0.4, 0.5) is 23.2 Å². The molecule has 0 unspecified atom stereocenters. The van der Waals surface area contributed by atoms with Gasteiger partial charge in [0, 0.05) is 75.3 Å². The Kier molecular flexibility index (Phi) is 11.2. The van der Waals surface area contributed by atoms with Crippen LogP contribution >= 0.6 is 0 Å². The maximum Gasteiger partial charge on any atom is 0.416 e. The number of nitrogens with one attached hydrogen (secondary N) is 1. The quantitative estimate of drug-likeness (QED) is 0.275. The Morgan fingerprint density at radius 2 is 1.63 bits per heavy atom. The number of hydrogen-bond acceptors (Lipinski definition) is 5. The summed E-state index contributed by atoms with van der Waals surface area (Å²) in [6.07, 6.45) is 1.42. The molecule has 3 aliphatic heterocycles. The maximum absolute atomic E-state index is 17.8. The van der Waals surface area contributed by atoms with Gasteiger partial charge in [-0.1, -0.05) is 38.5 Å². The van der Waals surface area contributed by atoms with Crippen molar-refractivity contribution in [2.45, 2.75) is 95.4 Å². The molecule has 1 N–H and O–H groups in total. The lowest BCUT2D eigenvalue weighted by Crippen LogP contribution is -2.50. The van der Waals surface area contributed by atoms with Gasteiger partial charge in [-0.3, -0.25) is 14.5 Å². The van der Waals surface area contributed by atoms with E-state index in [1.54, 1.807) is 18.1 Å². The Hall–Kier alpha value is -3.34. The van der Waals surface area contributed by atoms with E-state index in [1.807, 2.05) is 43.0 Å². The van der Waals surface area contributed by atoms with Gasteiger partial charge in [-0.05, 0) is 92.7 Å². The van der Waals surface area contributed by atoms with Crippen LogP contribution in [-0.4, -0.2) is 86.2 Å². The van der Waals surface area contributed by atoms with Gasteiger partial charge >= 0.3 is 6.18 Å². The summed E-state index contributed by atoms with van der Waals surface area (Å²) in [6.45, 7) is 8.67. The van der Waals surface area contributed by atoms with Gasteiger partial charge in [-0.2, -0.15) is 13.2 Å². The highest BCUT2D eigenvalue weighted by Gasteiger charge is 2.57. The summed E-state index contributed by atoms with van der Waals surface area (Å²) in [5, 5.41) is 2.87. The third-order valence-electron chi connectivity index (χ3n) is 12.3. The predicted molar refractivity (Wildman–Crippen MR) is 191 cm³/mol. The number of hydrogen-bond donors (Lipinski definition) is 1. The Labute approximate surface area is 300 Å². The molecule has 2 amide bonds. The number of halogens is 4. The third kappa shape index (κ3) is 7.74. The molecule has 0 bridgehead atoms. The van der Waals surface area contributed by atoms with Gasteiger partial charge in [-0.15, -0.1) is 0 Å². The molecule has 4 atom stereocenters. The van der Waals surface area contributed by atoms with E-state index in [0.717, 1.165) is 42.9 Å². The molecule has 1 saturated carbocycles. The number of alkyl halides is 4. The van der Waals surface area contributed by atoms with Gasteiger partial charge in [0.05, 0.1) is 12.7 Å². The fourth-order valence-corrected chi connectivity index (χ4v) is 9.23. The van der Waals surface area contributed by atoms with Crippen molar-refractivity contribution < 1.29 is 31.9 Å². The number of methoxy groups -OCH3 is 1. The molecule has 2 aromatic rings. The lowest BCUT2D eigenvalue weighted by Gasteiger charge is -2.36. The highest BCUT2D eigenvalue weighted by Crippen LogP contribution is 2.47. The first-order valence-corrected chi connectivity index (χ1v) is 19.0. The van der Waals surface area contributed by atoms with Gasteiger partial charge in [-0.25, -0.2) is 4.39 Å². The lowest BCUT2D eigenvalue weighted by molar-refractivity contribution is -0.143. The zero-order valence-corrected chi connectivity index (χ0v) is 30.5. The van der Waals surface area contributed by atoms with Crippen molar-refractivity contribution in [3.8, 4) is 5.75 Å². The highest BCUT2D eigenvalue weighted by atomic mass is 19.4. The van der Waals surface area contributed by atoms with Gasteiger partial charge in [0.15, 0.2) is 0 Å². The predicted octanol–water partition coefficient (Wildman–Crippen LogP) is 7.40. The zero-order valence-electron chi connectivity index (χ0n) is 30.5. The van der Waals surface area contributed by atoms with Crippen LogP contribution in [0.25, 0.3) is 0 Å². The summed E-state index contributed by atoms with van der Waals surface area (Å²) < 4.78 is 65.3. The molecule has 4 aliphatic rings. The SMILES string of the molecule is CCNC(=O)C1CCN(c2cc(C(F)(F)F)ccc2[C@H]2CN(C(=O)[C@]3(F)CN([C@H]4CC[C@H](C)CC4)C[C@H]3c3ccc(OC)cc3)C[C@@H]2CC)CC1. The van der Waals surface area contributed by atoms with E-state index < -0.39 is 29.2 Å². The molecule has 6 rings (SSSR count). The van der Waals surface area contributed by atoms with E-state index in [9.17, 15) is 22.8 Å². The summed E-state index contributed by atoms with van der Waals surface area (Å²) in [5.74, 6) is -0.355. The molecule has 0 radical (unpaired) electrons. The van der Waals surface area contributed by atoms with Gasteiger partial charge in [0.25, 0.3) is 5.91 Å². The number of carbonyl (C=O) groups is 2. The van der Waals surface area contributed by atoms with E-state index in [2.05, 4.69) is 17.1 Å². The van der Waals surface area contributed by atoms with Crippen LogP contribution in [0.2, 0.25) is 0 Å². The minimum absolute atomic E-state index is 0.0194. The number of amides is 2. The molecule has 280 valence electrons. The second-order valence-corrected chi connectivity index (χ2v) is 15.4. The number of carbonyl (C=O) groups excluding carboxylic acids is 2.